The molecule has 5 rings (SSSR count). The molecular weight excluding hydrogens is 451 g/mol. The summed E-state index contributed by atoms with van der Waals surface area (Å²) >= 11 is 0. The second-order valence-corrected chi connectivity index (χ2v) is 8.66. The van der Waals surface area contributed by atoms with Crippen molar-refractivity contribution in [1.29, 1.82) is 0 Å². The van der Waals surface area contributed by atoms with Crippen molar-refractivity contribution in [3.63, 3.8) is 0 Å². The molecule has 4 heterocycles. The van der Waals surface area contributed by atoms with Crippen LogP contribution in [0.4, 0.5) is 18.9 Å². The molecule has 0 radical (unpaired) electrons. The lowest BCUT2D eigenvalue weighted by atomic mass is 9.90. The van der Waals surface area contributed by atoms with E-state index in [1.807, 2.05) is 6.20 Å². The van der Waals surface area contributed by atoms with Gasteiger partial charge in [0.25, 0.3) is 5.91 Å². The van der Waals surface area contributed by atoms with E-state index >= 15 is 0 Å². The highest BCUT2D eigenvalue weighted by Gasteiger charge is 2.32. The molecule has 1 unspecified atom stereocenters. The largest absolute Gasteiger partial charge is 0.573 e. The number of nitrogens with one attached hydrogen (secondary N) is 1. The number of aromatic nitrogens is 3. The van der Waals surface area contributed by atoms with Gasteiger partial charge in [0, 0.05) is 49.1 Å². The standard InChI is InChI=1S/C23H24F3N5O3/c24-23(25,26)34-15-1-2-16(18(27)9-15)22(32)31-6-3-13(4-7-31)17-10-28-21-20(17)30-19(11-29-21)14-5-8-33-12-14/h1-2,9-11,13-14H,3-8,12,27H2,(H,28,29). The predicted octanol–water partition coefficient (Wildman–Crippen LogP) is 3.96. The number of anilines is 1. The summed E-state index contributed by atoms with van der Waals surface area (Å²) in [5.74, 6) is -0.291. The van der Waals surface area contributed by atoms with Gasteiger partial charge in [-0.15, -0.1) is 13.2 Å². The third kappa shape index (κ3) is 4.52. The number of nitrogens with two attached hydrogens (primary N) is 1. The van der Waals surface area contributed by atoms with Crippen molar-refractivity contribution < 1.29 is 27.4 Å². The van der Waals surface area contributed by atoms with Gasteiger partial charge in [-0.3, -0.25) is 4.79 Å². The number of carbonyl (C=O) groups is 1. The summed E-state index contributed by atoms with van der Waals surface area (Å²) in [5.41, 5.74) is 9.59. The van der Waals surface area contributed by atoms with Gasteiger partial charge >= 0.3 is 6.36 Å². The number of ether oxygens (including phenoxy) is 2. The van der Waals surface area contributed by atoms with Crippen LogP contribution in [0.25, 0.3) is 11.2 Å². The Morgan fingerprint density at radius 1 is 1.21 bits per heavy atom. The van der Waals surface area contributed by atoms with Crippen molar-refractivity contribution in [2.24, 2.45) is 0 Å². The number of fused-ring (bicyclic) bond motifs is 1. The van der Waals surface area contributed by atoms with Gasteiger partial charge in [0.2, 0.25) is 0 Å². The summed E-state index contributed by atoms with van der Waals surface area (Å²) in [6.07, 6.45) is 1.32. The Balaban J connectivity index is 1.27. The number of hydrogen-bond donors (Lipinski definition) is 2. The average Bonchev–Trinajstić information content (AvgIpc) is 3.48. The zero-order valence-electron chi connectivity index (χ0n) is 18.3. The van der Waals surface area contributed by atoms with Crippen LogP contribution in [0.5, 0.6) is 5.75 Å². The van der Waals surface area contributed by atoms with Crippen LogP contribution in [-0.2, 0) is 4.74 Å². The number of halogens is 3. The van der Waals surface area contributed by atoms with Crippen LogP contribution in [0, 0.1) is 0 Å². The molecule has 2 fully saturated rings. The molecule has 0 spiro atoms. The molecule has 2 aliphatic rings. The number of likely N-dealkylation sites (tertiary alicyclic amines) is 1. The van der Waals surface area contributed by atoms with E-state index in [9.17, 15) is 18.0 Å². The van der Waals surface area contributed by atoms with Crippen LogP contribution < -0.4 is 10.5 Å². The topological polar surface area (TPSA) is 106 Å². The van der Waals surface area contributed by atoms with Crippen LogP contribution in [0.2, 0.25) is 0 Å². The lowest BCUT2D eigenvalue weighted by molar-refractivity contribution is -0.274. The minimum atomic E-state index is -4.82. The number of nitrogen functional groups attached to an aromatic ring is 1. The molecule has 0 bridgehead atoms. The summed E-state index contributed by atoms with van der Waals surface area (Å²) in [6.45, 7) is 2.40. The molecule has 11 heteroatoms. The van der Waals surface area contributed by atoms with Gasteiger partial charge in [0.05, 0.1) is 24.1 Å². The van der Waals surface area contributed by atoms with Gasteiger partial charge in [0.1, 0.15) is 11.3 Å². The highest BCUT2D eigenvalue weighted by molar-refractivity contribution is 5.99. The fourth-order valence-corrected chi connectivity index (χ4v) is 4.70. The number of amides is 1. The fraction of sp³-hybridized carbons (Fsp3) is 0.435. The van der Waals surface area contributed by atoms with Crippen LogP contribution >= 0.6 is 0 Å². The number of hydrogen-bond acceptors (Lipinski definition) is 6. The molecule has 2 aliphatic heterocycles. The Morgan fingerprint density at radius 2 is 2.00 bits per heavy atom. The first-order valence-corrected chi connectivity index (χ1v) is 11.1. The van der Waals surface area contributed by atoms with E-state index < -0.39 is 12.1 Å². The molecule has 2 saturated heterocycles. The van der Waals surface area contributed by atoms with Gasteiger partial charge in [-0.1, -0.05) is 0 Å². The Hall–Kier alpha value is -3.34. The Kier molecular flexibility index (Phi) is 5.80. The van der Waals surface area contributed by atoms with Crippen molar-refractivity contribution in [3.8, 4) is 5.75 Å². The average molecular weight is 475 g/mol. The van der Waals surface area contributed by atoms with Gasteiger partial charge < -0.3 is 25.1 Å². The van der Waals surface area contributed by atoms with Crippen molar-refractivity contribution in [3.05, 3.63) is 47.4 Å². The Bertz CT molecular complexity index is 1200. The third-order valence-corrected chi connectivity index (χ3v) is 6.49. The number of carbonyl (C=O) groups excluding carboxylic acids is 1. The van der Waals surface area contributed by atoms with E-state index in [4.69, 9.17) is 15.5 Å². The normalized spacial score (nSPS) is 19.6. The van der Waals surface area contributed by atoms with E-state index in [-0.39, 0.29) is 29.0 Å². The molecule has 3 aromatic rings. The Morgan fingerprint density at radius 3 is 2.68 bits per heavy atom. The molecular formula is C23H24F3N5O3. The zero-order valence-corrected chi connectivity index (χ0v) is 18.3. The molecule has 8 nitrogen and oxygen atoms in total. The molecule has 1 aromatic carbocycles. The minimum Gasteiger partial charge on any atom is -0.406 e. The summed E-state index contributed by atoms with van der Waals surface area (Å²) in [6, 6.07) is 3.39. The van der Waals surface area contributed by atoms with Crippen LogP contribution in [0.3, 0.4) is 0 Å². The van der Waals surface area contributed by atoms with Crippen LogP contribution in [-0.4, -0.2) is 58.4 Å². The molecule has 0 saturated carbocycles. The maximum absolute atomic E-state index is 13.0. The fourth-order valence-electron chi connectivity index (χ4n) is 4.70. The molecule has 1 atom stereocenters. The number of H-pyrrole nitrogens is 1. The second kappa shape index (κ2) is 8.79. The van der Waals surface area contributed by atoms with Crippen LogP contribution in [0.1, 0.15) is 52.7 Å². The number of benzene rings is 1. The number of aromatic amines is 1. The summed E-state index contributed by atoms with van der Waals surface area (Å²) in [5, 5.41) is 0. The maximum Gasteiger partial charge on any atom is 0.573 e. The van der Waals surface area contributed by atoms with Gasteiger partial charge in [-0.25, -0.2) is 9.97 Å². The lowest BCUT2D eigenvalue weighted by Gasteiger charge is -2.32. The van der Waals surface area contributed by atoms with E-state index in [1.165, 1.54) is 6.07 Å². The Labute approximate surface area is 193 Å². The zero-order chi connectivity index (χ0) is 23.9. The number of alkyl halides is 3. The molecule has 2 aromatic heterocycles. The second-order valence-electron chi connectivity index (χ2n) is 8.66. The first-order valence-electron chi connectivity index (χ1n) is 11.1. The van der Waals surface area contributed by atoms with Crippen molar-refractivity contribution >= 4 is 22.8 Å². The predicted molar refractivity (Wildman–Crippen MR) is 117 cm³/mol. The first kappa shape index (κ1) is 22.5. The van der Waals surface area contributed by atoms with Gasteiger partial charge in [-0.05, 0) is 37.3 Å². The smallest absolute Gasteiger partial charge is 0.406 e. The quantitative estimate of drug-likeness (QED) is 0.554. The highest BCUT2D eigenvalue weighted by atomic mass is 19.4. The van der Waals surface area contributed by atoms with E-state index in [1.54, 1.807) is 11.1 Å². The summed E-state index contributed by atoms with van der Waals surface area (Å²) < 4.78 is 46.6. The monoisotopic (exact) mass is 475 g/mol. The molecule has 3 N–H and O–H groups in total. The molecule has 0 aliphatic carbocycles. The lowest BCUT2D eigenvalue weighted by Crippen LogP contribution is -2.38. The number of nitrogens with zero attached hydrogens (tertiary/aromatic N) is 3. The van der Waals surface area contributed by atoms with E-state index in [0.29, 0.717) is 19.7 Å². The molecule has 1 amide bonds. The van der Waals surface area contributed by atoms with Crippen molar-refractivity contribution in [2.45, 2.75) is 37.5 Å². The SMILES string of the molecule is Nc1cc(OC(F)(F)F)ccc1C(=O)N1CCC(c2c[nH]c3ncc(C4CCOC4)nc23)CC1. The maximum atomic E-state index is 13.0. The molecule has 34 heavy (non-hydrogen) atoms. The van der Waals surface area contributed by atoms with Crippen molar-refractivity contribution in [2.75, 3.05) is 32.0 Å². The number of rotatable bonds is 4. The van der Waals surface area contributed by atoms with Gasteiger partial charge in [0.15, 0.2) is 5.65 Å². The summed E-state index contributed by atoms with van der Waals surface area (Å²) in [4.78, 5) is 27.2. The number of piperidine rings is 1. The molecule has 180 valence electrons. The van der Waals surface area contributed by atoms with E-state index in [0.717, 1.165) is 60.4 Å². The first-order chi connectivity index (χ1) is 16.3. The van der Waals surface area contributed by atoms with Gasteiger partial charge in [-0.2, -0.15) is 0 Å². The third-order valence-electron chi connectivity index (χ3n) is 6.49. The minimum absolute atomic E-state index is 0.0517. The highest BCUT2D eigenvalue weighted by Crippen LogP contribution is 2.34. The van der Waals surface area contributed by atoms with Crippen molar-refractivity contribution in [1.82, 2.24) is 19.9 Å². The van der Waals surface area contributed by atoms with Crippen LogP contribution in [0.15, 0.2) is 30.6 Å². The van der Waals surface area contributed by atoms with E-state index in [2.05, 4.69) is 14.7 Å². The summed E-state index contributed by atoms with van der Waals surface area (Å²) in [7, 11) is 0.